The van der Waals surface area contributed by atoms with Crippen LogP contribution in [-0.2, 0) is 9.59 Å². The summed E-state index contributed by atoms with van der Waals surface area (Å²) in [4.78, 5) is 25.1. The van der Waals surface area contributed by atoms with Crippen molar-refractivity contribution in [2.75, 3.05) is 0 Å². The van der Waals surface area contributed by atoms with E-state index in [4.69, 9.17) is 0 Å². The fourth-order valence-electron chi connectivity index (χ4n) is 2.25. The van der Waals surface area contributed by atoms with Crippen LogP contribution in [-0.4, -0.2) is 21.8 Å². The number of aliphatic hydroxyl groups excluding tert-OH is 1. The first kappa shape index (κ1) is 11.0. The van der Waals surface area contributed by atoms with Crippen LogP contribution < -0.4 is 0 Å². The van der Waals surface area contributed by atoms with Gasteiger partial charge in [0.2, 0.25) is 5.91 Å². The number of rotatable bonds is 2. The van der Waals surface area contributed by atoms with Gasteiger partial charge in [0.05, 0.1) is 0 Å². The lowest BCUT2D eigenvalue weighted by molar-refractivity contribution is -0.144. The molecule has 0 spiro atoms. The number of carbonyl (C=O) groups excluding carboxylic acids is 2. The van der Waals surface area contributed by atoms with Crippen LogP contribution in [0.15, 0.2) is 42.2 Å². The molecule has 18 heavy (non-hydrogen) atoms. The molecule has 1 unspecified atom stereocenters. The van der Waals surface area contributed by atoms with Crippen LogP contribution in [0.2, 0.25) is 0 Å². The number of hydrogen-bond donors (Lipinski definition) is 1. The van der Waals surface area contributed by atoms with Gasteiger partial charge in [-0.25, -0.2) is 0 Å². The van der Waals surface area contributed by atoms with Crippen molar-refractivity contribution >= 4 is 11.8 Å². The van der Waals surface area contributed by atoms with E-state index in [0.717, 1.165) is 24.5 Å². The third-order valence-corrected chi connectivity index (χ3v) is 3.33. The molecular weight excluding hydrogens is 230 g/mol. The van der Waals surface area contributed by atoms with Crippen LogP contribution in [0.25, 0.3) is 0 Å². The summed E-state index contributed by atoms with van der Waals surface area (Å²) in [5.74, 6) is -0.688. The Morgan fingerprint density at radius 2 is 1.89 bits per heavy atom. The topological polar surface area (TPSA) is 57.6 Å². The third kappa shape index (κ3) is 1.70. The summed E-state index contributed by atoms with van der Waals surface area (Å²) in [5, 5.41) is 9.88. The maximum atomic E-state index is 12.1. The molecule has 2 amide bonds. The Kier molecular flexibility index (Phi) is 2.44. The lowest BCUT2D eigenvalue weighted by atomic mass is 10.1. The summed E-state index contributed by atoms with van der Waals surface area (Å²) in [6.45, 7) is 0. The number of hydrogen-bond acceptors (Lipinski definition) is 3. The molecule has 1 heterocycles. The van der Waals surface area contributed by atoms with E-state index in [1.54, 1.807) is 12.1 Å². The largest absolute Gasteiger partial charge is 0.510 e. The van der Waals surface area contributed by atoms with E-state index in [2.05, 4.69) is 0 Å². The fourth-order valence-corrected chi connectivity index (χ4v) is 2.25. The van der Waals surface area contributed by atoms with Gasteiger partial charge in [-0.3, -0.25) is 14.5 Å². The van der Waals surface area contributed by atoms with Crippen LogP contribution in [0, 0.1) is 5.92 Å². The lowest BCUT2D eigenvalue weighted by Gasteiger charge is -2.24. The van der Waals surface area contributed by atoms with Gasteiger partial charge in [0.15, 0.2) is 0 Å². The van der Waals surface area contributed by atoms with Gasteiger partial charge in [0.1, 0.15) is 11.8 Å². The highest BCUT2D eigenvalue weighted by Gasteiger charge is 2.44. The number of benzene rings is 1. The van der Waals surface area contributed by atoms with Crippen LogP contribution >= 0.6 is 0 Å². The van der Waals surface area contributed by atoms with Crippen molar-refractivity contribution in [1.29, 1.82) is 0 Å². The van der Waals surface area contributed by atoms with Gasteiger partial charge >= 0.3 is 0 Å². The monoisotopic (exact) mass is 243 g/mol. The van der Waals surface area contributed by atoms with Crippen molar-refractivity contribution in [3.8, 4) is 0 Å². The van der Waals surface area contributed by atoms with Crippen LogP contribution in [0.1, 0.15) is 24.4 Å². The Labute approximate surface area is 105 Å². The van der Waals surface area contributed by atoms with Crippen molar-refractivity contribution in [3.63, 3.8) is 0 Å². The van der Waals surface area contributed by atoms with E-state index >= 15 is 0 Å². The highest BCUT2D eigenvalue weighted by molar-refractivity contribution is 6.05. The summed E-state index contributed by atoms with van der Waals surface area (Å²) in [6, 6.07) is 8.47. The first-order valence-corrected chi connectivity index (χ1v) is 6.01. The minimum Gasteiger partial charge on any atom is -0.510 e. The average molecular weight is 243 g/mol. The summed E-state index contributed by atoms with van der Waals surface area (Å²) in [7, 11) is 0. The van der Waals surface area contributed by atoms with E-state index in [1.165, 1.54) is 4.90 Å². The molecule has 1 saturated carbocycles. The van der Waals surface area contributed by atoms with Gasteiger partial charge in [0.25, 0.3) is 5.91 Å². The van der Waals surface area contributed by atoms with Gasteiger partial charge in [-0.1, -0.05) is 30.3 Å². The molecule has 0 radical (unpaired) electrons. The Hall–Kier alpha value is -2.10. The minimum absolute atomic E-state index is 0.0422. The standard InChI is InChI=1S/C14H13NO3/c16-11-8-12(17)15(14(18)10-6-7-10)13(11)9-4-2-1-3-5-9/h1-5,8,10,13,16H,6-7H2. The van der Waals surface area contributed by atoms with Crippen molar-refractivity contribution in [1.82, 2.24) is 4.90 Å². The summed E-state index contributed by atoms with van der Waals surface area (Å²) < 4.78 is 0. The zero-order valence-electron chi connectivity index (χ0n) is 9.74. The maximum absolute atomic E-state index is 12.1. The molecule has 4 heteroatoms. The molecule has 1 atom stereocenters. The quantitative estimate of drug-likeness (QED) is 0.808. The molecule has 4 nitrogen and oxygen atoms in total. The first-order valence-electron chi connectivity index (χ1n) is 6.01. The van der Waals surface area contributed by atoms with E-state index in [-0.39, 0.29) is 17.6 Å². The van der Waals surface area contributed by atoms with Gasteiger partial charge in [-0.05, 0) is 18.4 Å². The molecule has 2 aliphatic rings. The Balaban J connectivity index is 1.96. The summed E-state index contributed by atoms with van der Waals surface area (Å²) in [5.41, 5.74) is 0.756. The number of nitrogens with zero attached hydrogens (tertiary/aromatic N) is 1. The van der Waals surface area contributed by atoms with Crippen molar-refractivity contribution in [3.05, 3.63) is 47.7 Å². The molecule has 1 aromatic carbocycles. The number of aliphatic hydroxyl groups is 1. The Bertz CT molecular complexity index is 531. The van der Waals surface area contributed by atoms with Gasteiger partial charge < -0.3 is 5.11 Å². The molecule has 0 saturated heterocycles. The summed E-state index contributed by atoms with van der Waals surface area (Å²) >= 11 is 0. The Morgan fingerprint density at radius 1 is 1.22 bits per heavy atom. The highest BCUT2D eigenvalue weighted by atomic mass is 16.3. The summed E-state index contributed by atoms with van der Waals surface area (Å²) in [6.07, 6.45) is 2.81. The van der Waals surface area contributed by atoms with Gasteiger partial charge in [-0.15, -0.1) is 0 Å². The smallest absolute Gasteiger partial charge is 0.257 e. The highest BCUT2D eigenvalue weighted by Crippen LogP contribution is 2.38. The predicted octanol–water partition coefficient (Wildman–Crippen LogP) is 1.95. The average Bonchev–Trinajstić information content (AvgIpc) is 3.15. The molecule has 0 aromatic heterocycles. The molecule has 0 bridgehead atoms. The second-order valence-electron chi connectivity index (χ2n) is 4.70. The van der Waals surface area contributed by atoms with Gasteiger partial charge in [-0.2, -0.15) is 0 Å². The Morgan fingerprint density at radius 3 is 2.50 bits per heavy atom. The zero-order chi connectivity index (χ0) is 12.7. The van der Waals surface area contributed by atoms with Crippen molar-refractivity contribution in [2.24, 2.45) is 5.92 Å². The third-order valence-electron chi connectivity index (χ3n) is 3.33. The fraction of sp³-hybridized carbons (Fsp3) is 0.286. The number of amides is 2. The molecular formula is C14H13NO3. The molecule has 1 aromatic rings. The predicted molar refractivity (Wildman–Crippen MR) is 64.5 cm³/mol. The van der Waals surface area contributed by atoms with Crippen molar-refractivity contribution < 1.29 is 14.7 Å². The molecule has 3 rings (SSSR count). The number of carbonyl (C=O) groups is 2. The lowest BCUT2D eigenvalue weighted by Crippen LogP contribution is -2.36. The normalized spacial score (nSPS) is 23.1. The van der Waals surface area contributed by atoms with E-state index in [0.29, 0.717) is 0 Å². The SMILES string of the molecule is O=C1C=C(O)C(c2ccccc2)N1C(=O)C1CC1. The second-order valence-corrected chi connectivity index (χ2v) is 4.70. The molecule has 92 valence electrons. The van der Waals surface area contributed by atoms with E-state index in [9.17, 15) is 14.7 Å². The van der Waals surface area contributed by atoms with Gasteiger partial charge in [0, 0.05) is 12.0 Å². The minimum atomic E-state index is -0.646. The second kappa shape index (κ2) is 3.98. The molecule has 1 N–H and O–H groups in total. The van der Waals surface area contributed by atoms with Crippen LogP contribution in [0.4, 0.5) is 0 Å². The van der Waals surface area contributed by atoms with Crippen LogP contribution in [0.3, 0.4) is 0 Å². The molecule has 1 aliphatic heterocycles. The van der Waals surface area contributed by atoms with Crippen molar-refractivity contribution in [2.45, 2.75) is 18.9 Å². The van der Waals surface area contributed by atoms with E-state index in [1.807, 2.05) is 18.2 Å². The maximum Gasteiger partial charge on any atom is 0.257 e. The first-order chi connectivity index (χ1) is 8.68. The molecule has 1 fully saturated rings. The van der Waals surface area contributed by atoms with E-state index < -0.39 is 11.9 Å². The zero-order valence-corrected chi connectivity index (χ0v) is 9.74. The molecule has 1 aliphatic carbocycles. The number of imide groups is 1. The van der Waals surface area contributed by atoms with Crippen LogP contribution in [0.5, 0.6) is 0 Å².